The van der Waals surface area contributed by atoms with E-state index < -0.39 is 0 Å². The van der Waals surface area contributed by atoms with Crippen LogP contribution in [0.15, 0.2) is 24.3 Å². The zero-order valence-corrected chi connectivity index (χ0v) is 9.07. The Kier molecular flexibility index (Phi) is 5.93. The highest BCUT2D eigenvalue weighted by Crippen LogP contribution is 2.15. The summed E-state index contributed by atoms with van der Waals surface area (Å²) in [4.78, 5) is 0. The number of halogens is 2. The third kappa shape index (κ3) is 5.02. The van der Waals surface area contributed by atoms with Crippen molar-refractivity contribution in [3.63, 3.8) is 0 Å². The molecule has 1 nitrogen and oxygen atoms in total. The van der Waals surface area contributed by atoms with Crippen LogP contribution < -0.4 is 4.74 Å². The lowest BCUT2D eigenvalue weighted by molar-refractivity contribution is 0.284. The van der Waals surface area contributed by atoms with Gasteiger partial charge in [-0.1, -0.05) is 18.5 Å². The number of hydrogen-bond acceptors (Lipinski definition) is 1. The first-order valence-electron chi connectivity index (χ1n) is 3.90. The highest BCUT2D eigenvalue weighted by Gasteiger charge is 1.96. The first kappa shape index (κ1) is 12.6. The molecule has 0 aliphatic heterocycles. The standard InChI is InChI=1S/C10H12ClO.ClH/c1-8(2)7-12-10-5-3-9(11)4-6-10;/h3-6,8H,1,7H2,2H3;1H/t8-;/m0./s1. The topological polar surface area (TPSA) is 9.23 Å². The first-order valence-corrected chi connectivity index (χ1v) is 4.27. The van der Waals surface area contributed by atoms with Gasteiger partial charge in [0.25, 0.3) is 0 Å². The summed E-state index contributed by atoms with van der Waals surface area (Å²) >= 11 is 5.71. The monoisotopic (exact) mass is 219 g/mol. The summed E-state index contributed by atoms with van der Waals surface area (Å²) in [5.74, 6) is 1.15. The Hall–Kier alpha value is -0.400. The van der Waals surface area contributed by atoms with Crippen molar-refractivity contribution >= 4 is 24.0 Å². The van der Waals surface area contributed by atoms with Crippen molar-refractivity contribution in [1.82, 2.24) is 0 Å². The number of ether oxygens (including phenoxy) is 1. The summed E-state index contributed by atoms with van der Waals surface area (Å²) in [6, 6.07) is 7.32. The Labute approximate surface area is 90.5 Å². The maximum Gasteiger partial charge on any atom is 0.119 e. The van der Waals surface area contributed by atoms with Gasteiger partial charge in [-0.2, -0.15) is 0 Å². The maximum absolute atomic E-state index is 5.71. The summed E-state index contributed by atoms with van der Waals surface area (Å²) < 4.78 is 5.40. The van der Waals surface area contributed by atoms with Crippen molar-refractivity contribution in [3.05, 3.63) is 36.2 Å². The second-order valence-electron chi connectivity index (χ2n) is 2.87. The van der Waals surface area contributed by atoms with E-state index in [2.05, 4.69) is 6.92 Å². The van der Waals surface area contributed by atoms with E-state index in [9.17, 15) is 0 Å². The molecule has 3 heteroatoms. The summed E-state index contributed by atoms with van der Waals surface area (Å²) in [6.07, 6.45) is 0. The van der Waals surface area contributed by atoms with Gasteiger partial charge in [-0.25, -0.2) is 0 Å². The second-order valence-corrected chi connectivity index (χ2v) is 3.31. The predicted molar refractivity (Wildman–Crippen MR) is 58.7 cm³/mol. The Morgan fingerprint density at radius 2 is 1.92 bits per heavy atom. The number of benzene rings is 1. The summed E-state index contributed by atoms with van der Waals surface area (Å²) in [7, 11) is 0. The van der Waals surface area contributed by atoms with E-state index in [0.29, 0.717) is 12.5 Å². The van der Waals surface area contributed by atoms with Crippen LogP contribution in [-0.2, 0) is 0 Å². The predicted octanol–water partition coefficient (Wildman–Crippen LogP) is 3.61. The molecule has 0 unspecified atom stereocenters. The molecule has 1 rings (SSSR count). The van der Waals surface area contributed by atoms with E-state index in [-0.39, 0.29) is 12.4 Å². The van der Waals surface area contributed by atoms with Gasteiger partial charge in [-0.3, -0.25) is 0 Å². The van der Waals surface area contributed by atoms with Crippen LogP contribution in [0.3, 0.4) is 0 Å². The van der Waals surface area contributed by atoms with Crippen LogP contribution in [0.25, 0.3) is 0 Å². The molecule has 1 aromatic rings. The molecule has 73 valence electrons. The Balaban J connectivity index is 0.00000144. The molecule has 13 heavy (non-hydrogen) atoms. The van der Waals surface area contributed by atoms with Crippen LogP contribution in [0.2, 0.25) is 5.02 Å². The van der Waals surface area contributed by atoms with Crippen LogP contribution >= 0.6 is 24.0 Å². The van der Waals surface area contributed by atoms with Gasteiger partial charge < -0.3 is 4.74 Å². The van der Waals surface area contributed by atoms with Gasteiger partial charge in [0.15, 0.2) is 0 Å². The molecule has 0 saturated heterocycles. The molecule has 1 aromatic carbocycles. The zero-order chi connectivity index (χ0) is 8.97. The minimum absolute atomic E-state index is 0. The Morgan fingerprint density at radius 1 is 1.38 bits per heavy atom. The van der Waals surface area contributed by atoms with Gasteiger partial charge in [-0.15, -0.1) is 12.4 Å². The summed E-state index contributed by atoms with van der Waals surface area (Å²) in [6.45, 7) is 6.47. The van der Waals surface area contributed by atoms with Gasteiger partial charge in [-0.05, 0) is 37.1 Å². The van der Waals surface area contributed by atoms with Crippen molar-refractivity contribution < 1.29 is 4.74 Å². The average Bonchev–Trinajstić information content (AvgIpc) is 2.03. The normalized spacial score (nSPS) is 9.54. The van der Waals surface area contributed by atoms with Crippen LogP contribution in [0.4, 0.5) is 0 Å². The molecule has 0 aliphatic rings. The molecule has 0 saturated carbocycles. The van der Waals surface area contributed by atoms with Crippen LogP contribution in [-0.4, -0.2) is 6.61 Å². The zero-order valence-electron chi connectivity index (χ0n) is 7.50. The molecule has 1 atom stereocenters. The molecule has 0 amide bonds. The van der Waals surface area contributed by atoms with E-state index in [1.807, 2.05) is 31.2 Å². The lowest BCUT2D eigenvalue weighted by Gasteiger charge is -2.07. The molecule has 0 fully saturated rings. The molecular weight excluding hydrogens is 207 g/mol. The van der Waals surface area contributed by atoms with E-state index >= 15 is 0 Å². The molecular formula is C10H13Cl2O. The minimum Gasteiger partial charge on any atom is -0.493 e. The minimum atomic E-state index is 0. The van der Waals surface area contributed by atoms with Crippen molar-refractivity contribution in [2.75, 3.05) is 6.61 Å². The lowest BCUT2D eigenvalue weighted by atomic mass is 10.2. The third-order valence-corrected chi connectivity index (χ3v) is 1.60. The first-order chi connectivity index (χ1) is 5.68. The molecule has 1 radical (unpaired) electrons. The van der Waals surface area contributed by atoms with Crippen molar-refractivity contribution in [2.24, 2.45) is 5.92 Å². The Bertz CT molecular complexity index is 231. The number of rotatable bonds is 3. The van der Waals surface area contributed by atoms with Crippen LogP contribution in [0, 0.1) is 12.8 Å². The molecule has 0 N–H and O–H groups in total. The van der Waals surface area contributed by atoms with Gasteiger partial charge in [0, 0.05) is 5.02 Å². The molecule has 0 aromatic heterocycles. The second kappa shape index (κ2) is 6.11. The quantitative estimate of drug-likeness (QED) is 0.755. The van der Waals surface area contributed by atoms with E-state index in [1.54, 1.807) is 0 Å². The average molecular weight is 220 g/mol. The van der Waals surface area contributed by atoms with Gasteiger partial charge in [0.2, 0.25) is 0 Å². The van der Waals surface area contributed by atoms with Gasteiger partial charge >= 0.3 is 0 Å². The lowest BCUT2D eigenvalue weighted by Crippen LogP contribution is -2.04. The molecule has 0 spiro atoms. The van der Waals surface area contributed by atoms with Gasteiger partial charge in [0.1, 0.15) is 5.75 Å². The van der Waals surface area contributed by atoms with E-state index in [0.717, 1.165) is 10.8 Å². The van der Waals surface area contributed by atoms with E-state index in [4.69, 9.17) is 16.3 Å². The smallest absolute Gasteiger partial charge is 0.119 e. The van der Waals surface area contributed by atoms with Crippen molar-refractivity contribution in [1.29, 1.82) is 0 Å². The highest BCUT2D eigenvalue weighted by atomic mass is 35.5. The fourth-order valence-electron chi connectivity index (χ4n) is 0.769. The molecule has 0 bridgehead atoms. The van der Waals surface area contributed by atoms with Crippen molar-refractivity contribution in [2.45, 2.75) is 6.92 Å². The van der Waals surface area contributed by atoms with E-state index in [1.165, 1.54) is 0 Å². The largest absolute Gasteiger partial charge is 0.493 e. The van der Waals surface area contributed by atoms with Crippen molar-refractivity contribution in [3.8, 4) is 5.75 Å². The number of hydrogen-bond donors (Lipinski definition) is 0. The van der Waals surface area contributed by atoms with Crippen LogP contribution in [0.1, 0.15) is 6.92 Å². The molecule has 0 aliphatic carbocycles. The third-order valence-electron chi connectivity index (χ3n) is 1.35. The fourth-order valence-corrected chi connectivity index (χ4v) is 0.895. The summed E-state index contributed by atoms with van der Waals surface area (Å²) in [5, 5.41) is 0.727. The highest BCUT2D eigenvalue weighted by molar-refractivity contribution is 6.30. The summed E-state index contributed by atoms with van der Waals surface area (Å²) in [5.41, 5.74) is 0. The SMILES string of the molecule is Cl.[CH2][C@@H](C)COc1ccc(Cl)cc1. The fraction of sp³-hybridized carbons (Fsp3) is 0.300. The maximum atomic E-state index is 5.71. The molecule has 0 heterocycles. The van der Waals surface area contributed by atoms with Gasteiger partial charge in [0.05, 0.1) is 6.61 Å². The van der Waals surface area contributed by atoms with Crippen LogP contribution in [0.5, 0.6) is 5.75 Å². The Morgan fingerprint density at radius 3 is 2.38 bits per heavy atom.